The van der Waals surface area contributed by atoms with Crippen molar-refractivity contribution in [2.75, 3.05) is 6.54 Å². The van der Waals surface area contributed by atoms with E-state index in [2.05, 4.69) is 0 Å². The Bertz CT molecular complexity index is 242. The van der Waals surface area contributed by atoms with Crippen molar-refractivity contribution in [1.29, 1.82) is 5.26 Å². The van der Waals surface area contributed by atoms with Crippen molar-refractivity contribution >= 4 is 0 Å². The van der Waals surface area contributed by atoms with Gasteiger partial charge in [-0.1, -0.05) is 0 Å². The summed E-state index contributed by atoms with van der Waals surface area (Å²) in [6.07, 6.45) is -0.0677. The van der Waals surface area contributed by atoms with Gasteiger partial charge in [-0.3, -0.25) is 5.32 Å². The van der Waals surface area contributed by atoms with E-state index >= 15 is 0 Å². The molecular formula is C7H8F4N2. The predicted octanol–water partition coefficient (Wildman–Crippen LogP) is 1.53. The number of nitrogens with zero attached hydrogens (tertiary/aromatic N) is 1. The van der Waals surface area contributed by atoms with Crippen LogP contribution in [0.5, 0.6) is 0 Å². The fourth-order valence-electron chi connectivity index (χ4n) is 1.13. The summed E-state index contributed by atoms with van der Waals surface area (Å²) < 4.78 is 50.0. The Labute approximate surface area is 72.5 Å². The third-order valence-electron chi connectivity index (χ3n) is 2.30. The van der Waals surface area contributed by atoms with Crippen molar-refractivity contribution in [2.24, 2.45) is 0 Å². The van der Waals surface area contributed by atoms with E-state index in [0.717, 1.165) is 6.92 Å². The van der Waals surface area contributed by atoms with Crippen molar-refractivity contribution < 1.29 is 17.6 Å². The Hall–Kier alpha value is -0.830. The summed E-state index contributed by atoms with van der Waals surface area (Å²) in [4.78, 5) is 0. The Morgan fingerprint density at radius 1 is 1.23 bits per heavy atom. The van der Waals surface area contributed by atoms with Crippen molar-refractivity contribution in [3.8, 4) is 6.07 Å². The van der Waals surface area contributed by atoms with Crippen LogP contribution in [0.25, 0.3) is 0 Å². The second-order valence-electron chi connectivity index (χ2n) is 3.11. The summed E-state index contributed by atoms with van der Waals surface area (Å²) in [5.41, 5.74) is -2.48. The van der Waals surface area contributed by atoms with Crippen molar-refractivity contribution in [1.82, 2.24) is 5.32 Å². The quantitative estimate of drug-likeness (QED) is 0.548. The van der Waals surface area contributed by atoms with Gasteiger partial charge in [-0.05, 0) is 6.92 Å². The van der Waals surface area contributed by atoms with Crippen LogP contribution in [-0.4, -0.2) is 23.9 Å². The normalized spacial score (nSPS) is 26.5. The molecule has 74 valence electrons. The highest BCUT2D eigenvalue weighted by Gasteiger charge is 2.94. The van der Waals surface area contributed by atoms with E-state index in [1.165, 1.54) is 0 Å². The molecule has 0 aromatic rings. The van der Waals surface area contributed by atoms with Crippen molar-refractivity contribution in [2.45, 2.75) is 30.7 Å². The fourth-order valence-corrected chi connectivity index (χ4v) is 1.13. The maximum absolute atomic E-state index is 12.5. The summed E-state index contributed by atoms with van der Waals surface area (Å²) in [5, 5.41) is 10.1. The molecule has 1 rings (SSSR count). The van der Waals surface area contributed by atoms with Crippen LogP contribution in [0, 0.1) is 11.3 Å². The summed E-state index contributed by atoms with van der Waals surface area (Å²) >= 11 is 0. The maximum atomic E-state index is 12.5. The van der Waals surface area contributed by atoms with E-state index in [9.17, 15) is 17.6 Å². The molecule has 1 aliphatic carbocycles. The Morgan fingerprint density at radius 2 is 1.69 bits per heavy atom. The molecule has 0 bridgehead atoms. The number of hydrogen-bond donors (Lipinski definition) is 1. The SMILES string of the molecule is CC1(NCCC#N)C(F)(F)C1(F)F. The zero-order valence-electron chi connectivity index (χ0n) is 6.87. The smallest absolute Gasteiger partial charge is 0.300 e. The van der Waals surface area contributed by atoms with Crippen LogP contribution < -0.4 is 5.32 Å². The molecule has 6 heteroatoms. The van der Waals surface area contributed by atoms with E-state index < -0.39 is 17.4 Å². The fraction of sp³-hybridized carbons (Fsp3) is 0.857. The summed E-state index contributed by atoms with van der Waals surface area (Å²) in [6.45, 7) is 0.600. The molecule has 1 aliphatic rings. The van der Waals surface area contributed by atoms with E-state index in [4.69, 9.17) is 5.26 Å². The summed E-state index contributed by atoms with van der Waals surface area (Å²) in [6, 6.07) is 1.67. The van der Waals surface area contributed by atoms with Gasteiger partial charge in [-0.25, -0.2) is 0 Å². The average Bonchev–Trinajstić information content (AvgIpc) is 2.30. The number of hydrogen-bond acceptors (Lipinski definition) is 2. The molecule has 1 fully saturated rings. The Morgan fingerprint density at radius 3 is 2.00 bits per heavy atom. The van der Waals surface area contributed by atoms with Crippen LogP contribution in [0.4, 0.5) is 17.6 Å². The molecule has 0 radical (unpaired) electrons. The second-order valence-corrected chi connectivity index (χ2v) is 3.11. The van der Waals surface area contributed by atoms with Gasteiger partial charge in [0.05, 0.1) is 6.07 Å². The first-order valence-corrected chi connectivity index (χ1v) is 3.69. The van der Waals surface area contributed by atoms with Crippen LogP contribution in [0.3, 0.4) is 0 Å². The first-order valence-electron chi connectivity index (χ1n) is 3.69. The molecule has 0 aromatic carbocycles. The molecule has 1 saturated carbocycles. The molecule has 0 spiro atoms. The molecule has 0 atom stereocenters. The van der Waals surface area contributed by atoms with Gasteiger partial charge < -0.3 is 0 Å². The molecule has 0 unspecified atom stereocenters. The Balaban J connectivity index is 2.57. The van der Waals surface area contributed by atoms with Gasteiger partial charge in [0.2, 0.25) is 0 Å². The minimum Gasteiger partial charge on any atom is -0.300 e. The van der Waals surface area contributed by atoms with E-state index in [0.29, 0.717) is 0 Å². The van der Waals surface area contributed by atoms with Crippen LogP contribution in [0.15, 0.2) is 0 Å². The standard InChI is InChI=1S/C7H8F4N2/c1-5(13-4-2-3-12)6(8,9)7(5,10)11/h13H,2,4H2,1H3. The third-order valence-corrected chi connectivity index (χ3v) is 2.30. The van der Waals surface area contributed by atoms with Crippen LogP contribution in [0.1, 0.15) is 13.3 Å². The highest BCUT2D eigenvalue weighted by molar-refractivity contribution is 5.30. The van der Waals surface area contributed by atoms with Crippen LogP contribution >= 0.6 is 0 Å². The lowest BCUT2D eigenvalue weighted by atomic mass is 10.3. The molecule has 1 N–H and O–H groups in total. The second kappa shape index (κ2) is 2.58. The van der Waals surface area contributed by atoms with Gasteiger partial charge in [-0.2, -0.15) is 22.8 Å². The highest BCUT2D eigenvalue weighted by atomic mass is 19.3. The first-order chi connectivity index (χ1) is 5.81. The zero-order chi connectivity index (χ0) is 10.3. The number of nitriles is 1. The van der Waals surface area contributed by atoms with Crippen LogP contribution in [0.2, 0.25) is 0 Å². The van der Waals surface area contributed by atoms with E-state index in [-0.39, 0.29) is 13.0 Å². The van der Waals surface area contributed by atoms with Gasteiger partial charge >= 0.3 is 11.8 Å². The molecule has 0 heterocycles. The Kier molecular flexibility index (Phi) is 2.03. The van der Waals surface area contributed by atoms with E-state index in [1.807, 2.05) is 5.32 Å². The number of nitrogens with one attached hydrogen (secondary N) is 1. The molecular weight excluding hydrogens is 188 g/mol. The zero-order valence-corrected chi connectivity index (χ0v) is 6.87. The summed E-state index contributed by atoms with van der Waals surface area (Å²) in [7, 11) is 0. The van der Waals surface area contributed by atoms with Crippen molar-refractivity contribution in [3.05, 3.63) is 0 Å². The molecule has 2 nitrogen and oxygen atoms in total. The summed E-state index contributed by atoms with van der Waals surface area (Å²) in [5.74, 6) is -8.01. The largest absolute Gasteiger partial charge is 0.335 e. The molecule has 0 saturated heterocycles. The molecule has 13 heavy (non-hydrogen) atoms. The first kappa shape index (κ1) is 10.3. The monoisotopic (exact) mass is 196 g/mol. The maximum Gasteiger partial charge on any atom is 0.335 e. The van der Waals surface area contributed by atoms with Gasteiger partial charge in [0.1, 0.15) is 0 Å². The lowest BCUT2D eigenvalue weighted by Crippen LogP contribution is -2.36. The third kappa shape index (κ3) is 1.03. The lowest BCUT2D eigenvalue weighted by Gasteiger charge is -2.08. The molecule has 0 amide bonds. The minimum atomic E-state index is -4.00. The number of rotatable bonds is 3. The lowest BCUT2D eigenvalue weighted by molar-refractivity contribution is -0.0278. The topological polar surface area (TPSA) is 35.8 Å². The number of halogens is 4. The minimum absolute atomic E-state index is 0.0677. The molecule has 0 aromatic heterocycles. The van der Waals surface area contributed by atoms with E-state index in [1.54, 1.807) is 6.07 Å². The number of alkyl halides is 4. The van der Waals surface area contributed by atoms with Gasteiger partial charge in [0.15, 0.2) is 5.54 Å². The highest BCUT2D eigenvalue weighted by Crippen LogP contribution is 2.65. The van der Waals surface area contributed by atoms with Crippen LogP contribution in [-0.2, 0) is 0 Å². The van der Waals surface area contributed by atoms with Crippen molar-refractivity contribution in [3.63, 3.8) is 0 Å². The van der Waals surface area contributed by atoms with Gasteiger partial charge in [0, 0.05) is 13.0 Å². The van der Waals surface area contributed by atoms with Gasteiger partial charge in [-0.15, -0.1) is 0 Å². The average molecular weight is 196 g/mol. The predicted molar refractivity (Wildman–Crippen MR) is 36.5 cm³/mol. The van der Waals surface area contributed by atoms with Gasteiger partial charge in [0.25, 0.3) is 0 Å². The molecule has 0 aliphatic heterocycles.